The van der Waals surface area contributed by atoms with Gasteiger partial charge in [-0.15, -0.1) is 0 Å². The van der Waals surface area contributed by atoms with Crippen molar-refractivity contribution in [1.29, 1.82) is 0 Å². The first kappa shape index (κ1) is 15.8. The predicted molar refractivity (Wildman–Crippen MR) is 71.7 cm³/mol. The summed E-state index contributed by atoms with van der Waals surface area (Å²) in [6, 6.07) is 0. The van der Waals surface area contributed by atoms with E-state index in [4.69, 9.17) is 4.74 Å². The van der Waals surface area contributed by atoms with Gasteiger partial charge in [-0.25, -0.2) is 0 Å². The second kappa shape index (κ2) is 6.03. The molecule has 0 radical (unpaired) electrons. The van der Waals surface area contributed by atoms with Gasteiger partial charge >= 0.3 is 6.18 Å². The summed E-state index contributed by atoms with van der Waals surface area (Å²) in [6.07, 6.45) is -0.983. The standard InChI is InChI=1S/C14H23F3N2O/c1-13(2)10-18(11-14(15,16)17)5-6-19(13)8-12-4-3-7-20-9-12/h4H,3,5-11H2,1-2H3. The zero-order valence-electron chi connectivity index (χ0n) is 12.2. The highest BCUT2D eigenvalue weighted by molar-refractivity contribution is 5.09. The molecule has 2 heterocycles. The van der Waals surface area contributed by atoms with Crippen LogP contribution >= 0.6 is 0 Å². The lowest BCUT2D eigenvalue weighted by atomic mass is 9.97. The Morgan fingerprint density at radius 1 is 1.30 bits per heavy atom. The molecule has 0 aromatic carbocycles. The molecule has 0 saturated carbocycles. The number of nitrogens with zero attached hydrogens (tertiary/aromatic N) is 2. The lowest BCUT2D eigenvalue weighted by Crippen LogP contribution is -2.60. The molecular weight excluding hydrogens is 269 g/mol. The van der Waals surface area contributed by atoms with Crippen LogP contribution in [0, 0.1) is 0 Å². The average Bonchev–Trinajstić information content (AvgIpc) is 2.31. The fourth-order valence-electron chi connectivity index (χ4n) is 2.94. The van der Waals surface area contributed by atoms with E-state index in [9.17, 15) is 13.2 Å². The Kier molecular flexibility index (Phi) is 4.76. The molecule has 2 aliphatic heterocycles. The van der Waals surface area contributed by atoms with Crippen LogP contribution in [-0.4, -0.2) is 67.5 Å². The number of halogens is 3. The molecule has 0 aliphatic carbocycles. The van der Waals surface area contributed by atoms with Crippen LogP contribution in [-0.2, 0) is 4.74 Å². The van der Waals surface area contributed by atoms with Gasteiger partial charge in [-0.05, 0) is 25.8 Å². The average molecular weight is 292 g/mol. The van der Waals surface area contributed by atoms with Gasteiger partial charge in [-0.2, -0.15) is 13.2 Å². The summed E-state index contributed by atoms with van der Waals surface area (Å²) in [6.45, 7) is 7.02. The smallest absolute Gasteiger partial charge is 0.377 e. The van der Waals surface area contributed by atoms with Gasteiger partial charge in [0, 0.05) is 31.7 Å². The van der Waals surface area contributed by atoms with E-state index in [1.54, 1.807) is 0 Å². The molecule has 2 aliphatic rings. The van der Waals surface area contributed by atoms with E-state index >= 15 is 0 Å². The number of hydrogen-bond donors (Lipinski definition) is 0. The maximum Gasteiger partial charge on any atom is 0.401 e. The number of piperazine rings is 1. The minimum absolute atomic E-state index is 0.248. The van der Waals surface area contributed by atoms with Crippen molar-refractivity contribution < 1.29 is 17.9 Å². The normalized spacial score (nSPS) is 25.6. The van der Waals surface area contributed by atoms with Crippen LogP contribution in [0.25, 0.3) is 0 Å². The monoisotopic (exact) mass is 292 g/mol. The Hall–Kier alpha value is -0.590. The van der Waals surface area contributed by atoms with Crippen LogP contribution in [0.1, 0.15) is 20.3 Å². The van der Waals surface area contributed by atoms with Gasteiger partial charge in [0.05, 0.1) is 19.8 Å². The summed E-state index contributed by atoms with van der Waals surface area (Å²) in [5.74, 6) is 0. The molecular formula is C14H23F3N2O. The van der Waals surface area contributed by atoms with Gasteiger partial charge in [0.2, 0.25) is 0 Å². The largest absolute Gasteiger partial charge is 0.401 e. The van der Waals surface area contributed by atoms with Gasteiger partial charge < -0.3 is 4.74 Å². The molecule has 0 aromatic heterocycles. The molecule has 0 unspecified atom stereocenters. The van der Waals surface area contributed by atoms with Crippen molar-refractivity contribution in [3.63, 3.8) is 0 Å². The van der Waals surface area contributed by atoms with Crippen molar-refractivity contribution in [3.8, 4) is 0 Å². The summed E-state index contributed by atoms with van der Waals surface area (Å²) < 4.78 is 42.9. The minimum Gasteiger partial charge on any atom is -0.377 e. The van der Waals surface area contributed by atoms with Gasteiger partial charge in [0.1, 0.15) is 0 Å². The fraction of sp³-hybridized carbons (Fsp3) is 0.857. The molecule has 6 heteroatoms. The molecule has 2 rings (SSSR count). The third-order valence-electron chi connectivity index (χ3n) is 3.93. The van der Waals surface area contributed by atoms with Crippen molar-refractivity contribution in [2.24, 2.45) is 0 Å². The SMILES string of the molecule is CC1(C)CN(CC(F)(F)F)CCN1CC1=CCCOC1. The lowest BCUT2D eigenvalue weighted by Gasteiger charge is -2.47. The van der Waals surface area contributed by atoms with Crippen LogP contribution in [0.2, 0.25) is 0 Å². The molecule has 20 heavy (non-hydrogen) atoms. The zero-order chi connectivity index (χ0) is 14.8. The first-order valence-corrected chi connectivity index (χ1v) is 7.06. The number of rotatable bonds is 3. The zero-order valence-corrected chi connectivity index (χ0v) is 12.2. The summed E-state index contributed by atoms with van der Waals surface area (Å²) in [7, 11) is 0. The molecule has 0 spiro atoms. The number of alkyl halides is 3. The van der Waals surface area contributed by atoms with Crippen molar-refractivity contribution >= 4 is 0 Å². The second-order valence-corrected chi connectivity index (χ2v) is 6.26. The van der Waals surface area contributed by atoms with Crippen LogP contribution in [0.4, 0.5) is 13.2 Å². The molecule has 0 amide bonds. The van der Waals surface area contributed by atoms with E-state index in [1.807, 2.05) is 13.8 Å². The van der Waals surface area contributed by atoms with Crippen molar-refractivity contribution in [3.05, 3.63) is 11.6 Å². The lowest BCUT2D eigenvalue weighted by molar-refractivity contribution is -0.155. The Balaban J connectivity index is 1.92. The van der Waals surface area contributed by atoms with E-state index in [0.717, 1.165) is 19.6 Å². The maximum atomic E-state index is 12.5. The van der Waals surface area contributed by atoms with Gasteiger partial charge in [0.15, 0.2) is 0 Å². The predicted octanol–water partition coefficient (Wildman–Crippen LogP) is 2.29. The number of ether oxygens (including phenoxy) is 1. The quantitative estimate of drug-likeness (QED) is 0.742. The highest BCUT2D eigenvalue weighted by atomic mass is 19.4. The molecule has 0 atom stereocenters. The first-order chi connectivity index (χ1) is 9.26. The van der Waals surface area contributed by atoms with Crippen LogP contribution in [0.5, 0.6) is 0 Å². The Morgan fingerprint density at radius 2 is 2.05 bits per heavy atom. The Labute approximate surface area is 118 Å². The summed E-state index contributed by atoms with van der Waals surface area (Å²) in [5.41, 5.74) is 0.996. The fourth-order valence-corrected chi connectivity index (χ4v) is 2.94. The Bertz CT molecular complexity index is 366. The molecule has 3 nitrogen and oxygen atoms in total. The van der Waals surface area contributed by atoms with E-state index in [-0.39, 0.29) is 5.54 Å². The molecule has 1 saturated heterocycles. The van der Waals surface area contributed by atoms with Gasteiger partial charge in [-0.3, -0.25) is 9.80 Å². The second-order valence-electron chi connectivity index (χ2n) is 6.26. The van der Waals surface area contributed by atoms with Gasteiger partial charge in [-0.1, -0.05) is 6.08 Å². The van der Waals surface area contributed by atoms with Crippen LogP contribution in [0.15, 0.2) is 11.6 Å². The summed E-state index contributed by atoms with van der Waals surface area (Å²) >= 11 is 0. The van der Waals surface area contributed by atoms with Crippen molar-refractivity contribution in [2.75, 3.05) is 45.9 Å². The molecule has 116 valence electrons. The van der Waals surface area contributed by atoms with Crippen LogP contribution in [0.3, 0.4) is 0 Å². The molecule has 0 aromatic rings. The number of hydrogen-bond acceptors (Lipinski definition) is 3. The molecule has 0 bridgehead atoms. The van der Waals surface area contributed by atoms with Crippen LogP contribution < -0.4 is 0 Å². The third kappa shape index (κ3) is 4.46. The highest BCUT2D eigenvalue weighted by Gasteiger charge is 2.38. The summed E-state index contributed by atoms with van der Waals surface area (Å²) in [4.78, 5) is 3.77. The summed E-state index contributed by atoms with van der Waals surface area (Å²) in [5, 5.41) is 0. The third-order valence-corrected chi connectivity index (χ3v) is 3.93. The molecule has 1 fully saturated rings. The maximum absolute atomic E-state index is 12.5. The van der Waals surface area contributed by atoms with E-state index in [0.29, 0.717) is 26.2 Å². The van der Waals surface area contributed by atoms with Gasteiger partial charge in [0.25, 0.3) is 0 Å². The van der Waals surface area contributed by atoms with E-state index in [2.05, 4.69) is 11.0 Å². The minimum atomic E-state index is -4.11. The van der Waals surface area contributed by atoms with E-state index < -0.39 is 12.7 Å². The first-order valence-electron chi connectivity index (χ1n) is 7.06. The van der Waals surface area contributed by atoms with Crippen molar-refractivity contribution in [2.45, 2.75) is 32.0 Å². The Morgan fingerprint density at radius 3 is 2.60 bits per heavy atom. The van der Waals surface area contributed by atoms with Crippen molar-refractivity contribution in [1.82, 2.24) is 9.80 Å². The topological polar surface area (TPSA) is 15.7 Å². The molecule has 0 N–H and O–H groups in total. The highest BCUT2D eigenvalue weighted by Crippen LogP contribution is 2.25. The van der Waals surface area contributed by atoms with E-state index in [1.165, 1.54) is 10.5 Å².